The van der Waals surface area contributed by atoms with E-state index in [0.717, 1.165) is 30.6 Å². The number of hydrogen-bond acceptors (Lipinski definition) is 3. The Balaban J connectivity index is 2.37. The lowest BCUT2D eigenvalue weighted by molar-refractivity contribution is -0.121. The van der Waals surface area contributed by atoms with Crippen LogP contribution in [-0.2, 0) is 4.79 Å². The molecule has 0 aliphatic rings. The summed E-state index contributed by atoms with van der Waals surface area (Å²) in [6, 6.07) is 7.49. The Morgan fingerprint density at radius 1 is 1.44 bits per heavy atom. The Labute approximate surface area is 108 Å². The minimum atomic E-state index is -0.0393. The lowest BCUT2D eigenvalue weighted by Gasteiger charge is -2.00. The predicted octanol–water partition coefficient (Wildman–Crippen LogP) is 2.73. The molecule has 98 valence electrons. The van der Waals surface area contributed by atoms with Gasteiger partial charge in [0, 0.05) is 6.42 Å². The molecule has 0 unspecified atom stereocenters. The average Bonchev–Trinajstić information content (AvgIpc) is 2.39. The number of hydrogen-bond donors (Lipinski definition) is 1. The van der Waals surface area contributed by atoms with Gasteiger partial charge in [-0.3, -0.25) is 4.79 Å². The van der Waals surface area contributed by atoms with E-state index in [0.29, 0.717) is 6.42 Å². The number of unbranched alkanes of at least 4 members (excludes halogenated alkanes) is 2. The van der Waals surface area contributed by atoms with Crippen LogP contribution in [0.5, 0.6) is 5.75 Å². The summed E-state index contributed by atoms with van der Waals surface area (Å²) in [5, 5.41) is 3.92. The van der Waals surface area contributed by atoms with E-state index in [-0.39, 0.29) is 5.91 Å². The highest BCUT2D eigenvalue weighted by Gasteiger charge is 1.98. The van der Waals surface area contributed by atoms with E-state index in [1.807, 2.05) is 24.3 Å². The second kappa shape index (κ2) is 8.28. The van der Waals surface area contributed by atoms with Crippen LogP contribution in [0.25, 0.3) is 0 Å². The fourth-order valence-corrected chi connectivity index (χ4v) is 1.49. The first-order chi connectivity index (χ1) is 8.76. The second-order valence-electron chi connectivity index (χ2n) is 4.03. The summed E-state index contributed by atoms with van der Waals surface area (Å²) in [5.74, 6) is 0.732. The predicted molar refractivity (Wildman–Crippen MR) is 72.9 cm³/mol. The summed E-state index contributed by atoms with van der Waals surface area (Å²) >= 11 is 0. The van der Waals surface area contributed by atoms with Crippen LogP contribution in [0.2, 0.25) is 0 Å². The molecule has 1 N–H and O–H groups in total. The number of carbonyl (C=O) groups is 1. The Morgan fingerprint density at radius 3 is 3.00 bits per heavy atom. The molecule has 0 aliphatic carbocycles. The maximum Gasteiger partial charge on any atom is 0.240 e. The third kappa shape index (κ3) is 5.48. The molecule has 0 spiro atoms. The van der Waals surface area contributed by atoms with Gasteiger partial charge in [-0.2, -0.15) is 5.10 Å². The van der Waals surface area contributed by atoms with Gasteiger partial charge in [-0.15, -0.1) is 0 Å². The molecular formula is C14H20N2O2. The number of nitrogens with zero attached hydrogens (tertiary/aromatic N) is 1. The Bertz CT molecular complexity index is 403. The van der Waals surface area contributed by atoms with Crippen molar-refractivity contribution in [3.05, 3.63) is 29.8 Å². The first kappa shape index (κ1) is 14.2. The largest absolute Gasteiger partial charge is 0.497 e. The summed E-state index contributed by atoms with van der Waals surface area (Å²) in [4.78, 5) is 11.4. The molecule has 4 heteroatoms. The highest BCUT2D eigenvalue weighted by molar-refractivity contribution is 5.82. The van der Waals surface area contributed by atoms with E-state index in [9.17, 15) is 4.79 Å². The molecule has 0 atom stereocenters. The van der Waals surface area contributed by atoms with Crippen LogP contribution in [0, 0.1) is 0 Å². The fourth-order valence-electron chi connectivity index (χ4n) is 1.49. The van der Waals surface area contributed by atoms with Crippen molar-refractivity contribution in [1.29, 1.82) is 0 Å². The van der Waals surface area contributed by atoms with Crippen molar-refractivity contribution in [3.63, 3.8) is 0 Å². The quantitative estimate of drug-likeness (QED) is 0.458. The molecule has 1 aromatic rings. The molecule has 1 rings (SSSR count). The van der Waals surface area contributed by atoms with Gasteiger partial charge >= 0.3 is 0 Å². The minimum absolute atomic E-state index is 0.0393. The smallest absolute Gasteiger partial charge is 0.240 e. The van der Waals surface area contributed by atoms with E-state index < -0.39 is 0 Å². The van der Waals surface area contributed by atoms with E-state index >= 15 is 0 Å². The monoisotopic (exact) mass is 248 g/mol. The summed E-state index contributed by atoms with van der Waals surface area (Å²) in [5.41, 5.74) is 3.41. The molecule has 0 radical (unpaired) electrons. The van der Waals surface area contributed by atoms with Gasteiger partial charge in [0.15, 0.2) is 0 Å². The number of nitrogens with one attached hydrogen (secondary N) is 1. The lowest BCUT2D eigenvalue weighted by Crippen LogP contribution is -2.16. The van der Waals surface area contributed by atoms with Gasteiger partial charge in [-0.05, 0) is 24.1 Å². The van der Waals surface area contributed by atoms with Crippen molar-refractivity contribution in [3.8, 4) is 5.75 Å². The maximum atomic E-state index is 11.4. The Hall–Kier alpha value is -1.84. The molecule has 18 heavy (non-hydrogen) atoms. The van der Waals surface area contributed by atoms with Crippen LogP contribution in [0.15, 0.2) is 29.4 Å². The van der Waals surface area contributed by atoms with Gasteiger partial charge in [0.2, 0.25) is 5.91 Å². The van der Waals surface area contributed by atoms with Crippen molar-refractivity contribution >= 4 is 12.1 Å². The zero-order valence-electron chi connectivity index (χ0n) is 11.0. The van der Waals surface area contributed by atoms with Gasteiger partial charge in [0.05, 0.1) is 13.3 Å². The van der Waals surface area contributed by atoms with E-state index in [1.165, 1.54) is 0 Å². The molecule has 1 aromatic carbocycles. The molecule has 1 amide bonds. The van der Waals surface area contributed by atoms with Gasteiger partial charge in [-0.1, -0.05) is 31.9 Å². The number of benzene rings is 1. The van der Waals surface area contributed by atoms with Gasteiger partial charge in [0.1, 0.15) is 5.75 Å². The number of hydrazone groups is 1. The topological polar surface area (TPSA) is 50.7 Å². The van der Waals surface area contributed by atoms with Crippen molar-refractivity contribution in [2.45, 2.75) is 32.6 Å². The first-order valence-corrected chi connectivity index (χ1v) is 6.22. The molecule has 0 fully saturated rings. The first-order valence-electron chi connectivity index (χ1n) is 6.22. The number of carbonyl (C=O) groups excluding carboxylic acids is 1. The van der Waals surface area contributed by atoms with Gasteiger partial charge < -0.3 is 4.74 Å². The van der Waals surface area contributed by atoms with Crippen LogP contribution in [0.3, 0.4) is 0 Å². The van der Waals surface area contributed by atoms with E-state index in [1.54, 1.807) is 13.3 Å². The lowest BCUT2D eigenvalue weighted by atomic mass is 10.2. The molecule has 0 aliphatic heterocycles. The number of amides is 1. The number of methoxy groups -OCH3 is 1. The summed E-state index contributed by atoms with van der Waals surface area (Å²) in [7, 11) is 1.62. The van der Waals surface area contributed by atoms with E-state index in [4.69, 9.17) is 4.74 Å². The molecule has 0 saturated carbocycles. The van der Waals surface area contributed by atoms with Crippen molar-refractivity contribution in [2.75, 3.05) is 7.11 Å². The van der Waals surface area contributed by atoms with Crippen LogP contribution in [0.1, 0.15) is 38.2 Å². The Kier molecular flexibility index (Phi) is 6.54. The second-order valence-corrected chi connectivity index (χ2v) is 4.03. The van der Waals surface area contributed by atoms with Crippen molar-refractivity contribution in [1.82, 2.24) is 5.43 Å². The normalized spacial score (nSPS) is 10.6. The molecule has 0 saturated heterocycles. The molecule has 0 aromatic heterocycles. The third-order valence-electron chi connectivity index (χ3n) is 2.50. The van der Waals surface area contributed by atoms with E-state index in [2.05, 4.69) is 17.5 Å². The highest BCUT2D eigenvalue weighted by atomic mass is 16.5. The van der Waals surface area contributed by atoms with Crippen molar-refractivity contribution < 1.29 is 9.53 Å². The summed E-state index contributed by atoms with van der Waals surface area (Å²) in [6.45, 7) is 2.11. The summed E-state index contributed by atoms with van der Waals surface area (Å²) < 4.78 is 5.10. The van der Waals surface area contributed by atoms with Crippen LogP contribution >= 0.6 is 0 Å². The number of ether oxygens (including phenoxy) is 1. The highest BCUT2D eigenvalue weighted by Crippen LogP contribution is 2.10. The molecule has 4 nitrogen and oxygen atoms in total. The standard InChI is InChI=1S/C14H20N2O2/c1-3-4-5-9-14(17)16-15-11-12-7-6-8-13(10-12)18-2/h6-8,10-11H,3-5,9H2,1-2H3,(H,16,17). The zero-order valence-corrected chi connectivity index (χ0v) is 11.0. The average molecular weight is 248 g/mol. The van der Waals surface area contributed by atoms with Crippen LogP contribution < -0.4 is 10.2 Å². The number of rotatable bonds is 7. The molecule has 0 heterocycles. The van der Waals surface area contributed by atoms with Crippen LogP contribution in [0.4, 0.5) is 0 Å². The minimum Gasteiger partial charge on any atom is -0.497 e. The third-order valence-corrected chi connectivity index (χ3v) is 2.50. The molecular weight excluding hydrogens is 228 g/mol. The maximum absolute atomic E-state index is 11.4. The zero-order chi connectivity index (χ0) is 13.2. The van der Waals surface area contributed by atoms with Gasteiger partial charge in [0.25, 0.3) is 0 Å². The SMILES string of the molecule is CCCCCC(=O)NN=Cc1cccc(OC)c1. The van der Waals surface area contributed by atoms with Crippen LogP contribution in [-0.4, -0.2) is 19.2 Å². The molecule has 0 bridgehead atoms. The van der Waals surface area contributed by atoms with Crippen molar-refractivity contribution in [2.24, 2.45) is 5.10 Å². The summed E-state index contributed by atoms with van der Waals surface area (Å²) in [6.07, 6.45) is 5.24. The van der Waals surface area contributed by atoms with Gasteiger partial charge in [-0.25, -0.2) is 5.43 Å². The fraction of sp³-hybridized carbons (Fsp3) is 0.429. The Morgan fingerprint density at radius 2 is 2.28 bits per heavy atom.